The smallest absolute Gasteiger partial charge is 0.243 e. The second-order valence-electron chi connectivity index (χ2n) is 6.53. The van der Waals surface area contributed by atoms with E-state index in [4.69, 9.17) is 4.74 Å². The molecule has 150 valence electrons. The number of anilines is 1. The number of carbonyl (C=O) groups excluding carboxylic acids is 2. The van der Waals surface area contributed by atoms with Gasteiger partial charge in [0.05, 0.1) is 19.7 Å². The van der Waals surface area contributed by atoms with Gasteiger partial charge in [-0.15, -0.1) is 0 Å². The number of nitrogens with zero attached hydrogens (tertiary/aromatic N) is 1. The normalized spacial score (nSPS) is 10.6. The molecule has 0 spiro atoms. The molecule has 2 aromatic carbocycles. The third-order valence-electron chi connectivity index (χ3n) is 4.01. The minimum absolute atomic E-state index is 0.0643. The van der Waals surface area contributed by atoms with Crippen LogP contribution in [0.5, 0.6) is 5.75 Å². The van der Waals surface area contributed by atoms with E-state index in [-0.39, 0.29) is 24.9 Å². The minimum Gasteiger partial charge on any atom is -0.494 e. The van der Waals surface area contributed by atoms with Gasteiger partial charge in [0.2, 0.25) is 11.8 Å². The number of hydrogen-bond acceptors (Lipinski definition) is 4. The fraction of sp³-hybridized carbons (Fsp3) is 0.333. The fourth-order valence-electron chi connectivity index (χ4n) is 2.67. The number of nitrogens with one attached hydrogen (secondary N) is 2. The van der Waals surface area contributed by atoms with E-state index in [2.05, 4.69) is 26.6 Å². The number of benzene rings is 2. The lowest BCUT2D eigenvalue weighted by Crippen LogP contribution is -2.39. The lowest BCUT2D eigenvalue weighted by Gasteiger charge is -2.17. The zero-order valence-corrected chi connectivity index (χ0v) is 18.0. The molecule has 0 bridgehead atoms. The van der Waals surface area contributed by atoms with Crippen LogP contribution in [0.25, 0.3) is 0 Å². The Hall–Kier alpha value is -2.38. The van der Waals surface area contributed by atoms with Crippen molar-refractivity contribution in [3.63, 3.8) is 0 Å². The Labute approximate surface area is 174 Å². The van der Waals surface area contributed by atoms with Crippen molar-refractivity contribution in [2.45, 2.75) is 20.4 Å². The second-order valence-corrected chi connectivity index (χ2v) is 7.45. The molecule has 0 unspecified atom stereocenters. The summed E-state index contributed by atoms with van der Waals surface area (Å²) in [6.45, 7) is 5.26. The van der Waals surface area contributed by atoms with Crippen LogP contribution < -0.4 is 15.4 Å². The van der Waals surface area contributed by atoms with E-state index in [0.717, 1.165) is 27.0 Å². The van der Waals surface area contributed by atoms with Crippen LogP contribution in [0.15, 0.2) is 46.9 Å². The summed E-state index contributed by atoms with van der Waals surface area (Å²) in [7, 11) is 1.86. The molecule has 2 amide bonds. The fourth-order valence-corrected chi connectivity index (χ4v) is 3.14. The first-order chi connectivity index (χ1) is 13.4. The van der Waals surface area contributed by atoms with Crippen molar-refractivity contribution >= 4 is 33.4 Å². The zero-order valence-electron chi connectivity index (χ0n) is 16.4. The molecular weight excluding hydrogens is 422 g/mol. The van der Waals surface area contributed by atoms with Gasteiger partial charge >= 0.3 is 0 Å². The first-order valence-electron chi connectivity index (χ1n) is 9.10. The van der Waals surface area contributed by atoms with Crippen molar-refractivity contribution < 1.29 is 14.3 Å². The molecule has 0 heterocycles. The van der Waals surface area contributed by atoms with E-state index < -0.39 is 0 Å². The minimum atomic E-state index is -0.257. The number of ether oxygens (including phenoxy) is 1. The molecule has 6 nitrogen and oxygen atoms in total. The number of aryl methyl sites for hydroxylation is 1. The lowest BCUT2D eigenvalue weighted by atomic mass is 10.2. The molecule has 7 heteroatoms. The summed E-state index contributed by atoms with van der Waals surface area (Å²) in [6.07, 6.45) is 0. The van der Waals surface area contributed by atoms with Gasteiger partial charge in [0.25, 0.3) is 0 Å². The zero-order chi connectivity index (χ0) is 20.5. The third-order valence-corrected chi connectivity index (χ3v) is 4.50. The number of rotatable bonds is 9. The monoisotopic (exact) mass is 447 g/mol. The summed E-state index contributed by atoms with van der Waals surface area (Å²) in [5, 5.41) is 5.46. The molecule has 0 saturated heterocycles. The van der Waals surface area contributed by atoms with Crippen molar-refractivity contribution in [1.29, 1.82) is 0 Å². The van der Waals surface area contributed by atoms with Crippen LogP contribution in [0, 0.1) is 6.92 Å². The van der Waals surface area contributed by atoms with E-state index in [9.17, 15) is 9.59 Å². The Morgan fingerprint density at radius 2 is 1.82 bits per heavy atom. The molecule has 0 fully saturated rings. The highest BCUT2D eigenvalue weighted by molar-refractivity contribution is 9.10. The lowest BCUT2D eigenvalue weighted by molar-refractivity contribution is -0.124. The molecule has 0 aliphatic carbocycles. The summed E-state index contributed by atoms with van der Waals surface area (Å²) in [4.78, 5) is 26.0. The van der Waals surface area contributed by atoms with Crippen molar-refractivity contribution in [3.05, 3.63) is 58.1 Å². The average molecular weight is 448 g/mol. The van der Waals surface area contributed by atoms with Gasteiger partial charge < -0.3 is 15.4 Å². The average Bonchev–Trinajstić information content (AvgIpc) is 2.64. The maximum Gasteiger partial charge on any atom is 0.243 e. The third kappa shape index (κ3) is 7.32. The Morgan fingerprint density at radius 1 is 1.11 bits per heavy atom. The first-order valence-corrected chi connectivity index (χ1v) is 9.89. The van der Waals surface area contributed by atoms with Crippen LogP contribution in [0.2, 0.25) is 0 Å². The summed E-state index contributed by atoms with van der Waals surface area (Å²) in [6, 6.07) is 13.4. The number of amides is 2. The second kappa shape index (κ2) is 10.8. The van der Waals surface area contributed by atoms with Crippen LogP contribution in [0.3, 0.4) is 0 Å². The molecule has 28 heavy (non-hydrogen) atoms. The van der Waals surface area contributed by atoms with Gasteiger partial charge in [0.15, 0.2) is 0 Å². The molecule has 0 atom stereocenters. The predicted octanol–water partition coefficient (Wildman–Crippen LogP) is 3.34. The van der Waals surface area contributed by atoms with E-state index >= 15 is 0 Å². The molecule has 0 aromatic heterocycles. The Morgan fingerprint density at radius 3 is 2.46 bits per heavy atom. The SMILES string of the molecule is CCOc1ccc(CN(C)CC(=O)NCC(=O)Nc2ccc(Br)cc2C)cc1. The molecule has 2 rings (SSSR count). The van der Waals surface area contributed by atoms with Crippen LogP contribution in [-0.4, -0.2) is 43.5 Å². The quantitative estimate of drug-likeness (QED) is 0.618. The molecule has 0 radical (unpaired) electrons. The van der Waals surface area contributed by atoms with Gasteiger partial charge in [-0.05, 0) is 62.4 Å². The van der Waals surface area contributed by atoms with Gasteiger partial charge in [0.1, 0.15) is 5.75 Å². The van der Waals surface area contributed by atoms with Gasteiger partial charge in [0, 0.05) is 16.7 Å². The van der Waals surface area contributed by atoms with Crippen LogP contribution in [-0.2, 0) is 16.1 Å². The van der Waals surface area contributed by atoms with Crippen LogP contribution in [0.1, 0.15) is 18.1 Å². The summed E-state index contributed by atoms with van der Waals surface area (Å²) < 4.78 is 6.37. The highest BCUT2D eigenvalue weighted by Gasteiger charge is 2.10. The number of carbonyl (C=O) groups is 2. The van der Waals surface area contributed by atoms with E-state index in [1.54, 1.807) is 0 Å². The Kier molecular flexibility index (Phi) is 8.47. The highest BCUT2D eigenvalue weighted by atomic mass is 79.9. The molecule has 2 N–H and O–H groups in total. The standard InChI is InChI=1S/C21H26BrN3O3/c1-4-28-18-8-5-16(6-9-18)13-25(3)14-21(27)23-12-20(26)24-19-10-7-17(22)11-15(19)2/h5-11H,4,12-14H2,1-3H3,(H,23,27)(H,24,26). The summed E-state index contributed by atoms with van der Waals surface area (Å²) >= 11 is 3.39. The Balaban J connectivity index is 1.74. The number of likely N-dealkylation sites (N-methyl/N-ethyl adjacent to an activating group) is 1. The topological polar surface area (TPSA) is 70.7 Å². The number of hydrogen-bond donors (Lipinski definition) is 2. The van der Waals surface area contributed by atoms with Gasteiger partial charge in [-0.2, -0.15) is 0 Å². The Bertz CT molecular complexity index is 809. The van der Waals surface area contributed by atoms with Crippen molar-refractivity contribution in [1.82, 2.24) is 10.2 Å². The maximum absolute atomic E-state index is 12.1. The molecule has 0 aliphatic rings. The van der Waals surface area contributed by atoms with E-state index in [1.165, 1.54) is 0 Å². The largest absolute Gasteiger partial charge is 0.494 e. The molecule has 0 saturated carbocycles. The maximum atomic E-state index is 12.1. The highest BCUT2D eigenvalue weighted by Crippen LogP contribution is 2.19. The summed E-state index contributed by atoms with van der Waals surface area (Å²) in [5.74, 6) is 0.378. The van der Waals surface area contributed by atoms with Gasteiger partial charge in [-0.3, -0.25) is 14.5 Å². The number of halogens is 1. The first kappa shape index (κ1) is 21.9. The van der Waals surface area contributed by atoms with Crippen molar-refractivity contribution in [2.75, 3.05) is 32.1 Å². The molecule has 2 aromatic rings. The van der Waals surface area contributed by atoms with Crippen molar-refractivity contribution in [3.8, 4) is 5.75 Å². The van der Waals surface area contributed by atoms with E-state index in [0.29, 0.717) is 13.2 Å². The molecular formula is C21H26BrN3O3. The van der Waals surface area contributed by atoms with Gasteiger partial charge in [-0.1, -0.05) is 28.1 Å². The van der Waals surface area contributed by atoms with Crippen LogP contribution >= 0.6 is 15.9 Å². The van der Waals surface area contributed by atoms with Gasteiger partial charge in [-0.25, -0.2) is 0 Å². The van der Waals surface area contributed by atoms with Crippen molar-refractivity contribution in [2.24, 2.45) is 0 Å². The summed E-state index contributed by atoms with van der Waals surface area (Å²) in [5.41, 5.74) is 2.77. The predicted molar refractivity (Wildman–Crippen MR) is 114 cm³/mol. The van der Waals surface area contributed by atoms with Crippen LogP contribution in [0.4, 0.5) is 5.69 Å². The van der Waals surface area contributed by atoms with E-state index in [1.807, 2.05) is 68.3 Å². The molecule has 0 aliphatic heterocycles.